The van der Waals surface area contributed by atoms with Gasteiger partial charge in [0.2, 0.25) is 5.95 Å². The first kappa shape index (κ1) is 18.1. The molecule has 0 spiro atoms. The van der Waals surface area contributed by atoms with E-state index in [1.54, 1.807) is 0 Å². The van der Waals surface area contributed by atoms with Gasteiger partial charge in [-0.1, -0.05) is 44.9 Å². The number of benzene rings is 1. The van der Waals surface area contributed by atoms with Gasteiger partial charge in [-0.15, -0.1) is 0 Å². The second kappa shape index (κ2) is 9.16. The van der Waals surface area contributed by atoms with E-state index < -0.39 is 0 Å². The molecule has 0 aliphatic heterocycles. The Balaban J connectivity index is 2.11. The highest BCUT2D eigenvalue weighted by molar-refractivity contribution is 5.99. The molecule has 0 fully saturated rings. The van der Waals surface area contributed by atoms with E-state index in [1.165, 1.54) is 5.56 Å². The van der Waals surface area contributed by atoms with Gasteiger partial charge in [0.15, 0.2) is 0 Å². The van der Waals surface area contributed by atoms with Crippen molar-refractivity contribution in [1.82, 2.24) is 9.97 Å². The molecule has 0 radical (unpaired) electrons. The van der Waals surface area contributed by atoms with Crippen molar-refractivity contribution in [2.24, 2.45) is 5.10 Å². The highest BCUT2D eigenvalue weighted by Gasteiger charge is 2.03. The normalized spacial score (nSPS) is 11.6. The molecule has 4 heteroatoms. The molecule has 0 amide bonds. The number of aryl methyl sites for hydroxylation is 3. The first-order valence-corrected chi connectivity index (χ1v) is 8.86. The molecule has 2 aromatic rings. The monoisotopic (exact) mass is 324 g/mol. The van der Waals surface area contributed by atoms with Crippen LogP contribution in [-0.2, 0) is 12.8 Å². The van der Waals surface area contributed by atoms with Gasteiger partial charge in [0.25, 0.3) is 0 Å². The van der Waals surface area contributed by atoms with Crippen LogP contribution in [0.1, 0.15) is 62.5 Å². The highest BCUT2D eigenvalue weighted by Crippen LogP contribution is 2.11. The van der Waals surface area contributed by atoms with Crippen molar-refractivity contribution >= 4 is 11.7 Å². The Hall–Kier alpha value is -2.23. The predicted octanol–water partition coefficient (Wildman–Crippen LogP) is 4.92. The van der Waals surface area contributed by atoms with E-state index in [0.717, 1.165) is 54.8 Å². The summed E-state index contributed by atoms with van der Waals surface area (Å²) in [5.74, 6) is 0.574. The van der Waals surface area contributed by atoms with Gasteiger partial charge in [-0.05, 0) is 56.4 Å². The van der Waals surface area contributed by atoms with Gasteiger partial charge in [0, 0.05) is 11.4 Å². The van der Waals surface area contributed by atoms with Gasteiger partial charge in [-0.25, -0.2) is 15.4 Å². The van der Waals surface area contributed by atoms with Crippen molar-refractivity contribution in [3.63, 3.8) is 0 Å². The van der Waals surface area contributed by atoms with E-state index >= 15 is 0 Å². The van der Waals surface area contributed by atoms with Crippen LogP contribution in [0.3, 0.4) is 0 Å². The molecule has 0 atom stereocenters. The second-order valence-electron chi connectivity index (χ2n) is 6.19. The second-order valence-corrected chi connectivity index (χ2v) is 6.19. The van der Waals surface area contributed by atoms with Gasteiger partial charge in [0.1, 0.15) is 0 Å². The summed E-state index contributed by atoms with van der Waals surface area (Å²) in [6, 6.07) is 10.6. The summed E-state index contributed by atoms with van der Waals surface area (Å²) >= 11 is 0. The standard InChI is InChI=1S/C20H28N4/c1-5-7-12-19-13-15(3)21-20(22-19)24-23-16(4)18-11-8-10-17(14-18)9-6-2/h8,10-11,13-14H,5-7,9,12H2,1-4H3,(H,21,22,24). The Morgan fingerprint density at radius 1 is 1.08 bits per heavy atom. The van der Waals surface area contributed by atoms with Crippen LogP contribution in [0.2, 0.25) is 0 Å². The Morgan fingerprint density at radius 3 is 2.67 bits per heavy atom. The van der Waals surface area contributed by atoms with E-state index in [-0.39, 0.29) is 0 Å². The van der Waals surface area contributed by atoms with Crippen LogP contribution in [0.5, 0.6) is 0 Å². The van der Waals surface area contributed by atoms with Crippen LogP contribution in [0.25, 0.3) is 0 Å². The number of rotatable bonds is 8. The highest BCUT2D eigenvalue weighted by atomic mass is 15.4. The Labute approximate surface area is 145 Å². The molecule has 1 heterocycles. The smallest absolute Gasteiger partial charge is 0.243 e. The van der Waals surface area contributed by atoms with Crippen LogP contribution < -0.4 is 5.43 Å². The number of nitrogens with zero attached hydrogens (tertiary/aromatic N) is 3. The van der Waals surface area contributed by atoms with Crippen molar-refractivity contribution in [3.8, 4) is 0 Å². The van der Waals surface area contributed by atoms with Crippen molar-refractivity contribution < 1.29 is 0 Å². The lowest BCUT2D eigenvalue weighted by Crippen LogP contribution is -2.05. The fraction of sp³-hybridized carbons (Fsp3) is 0.450. The zero-order valence-electron chi connectivity index (χ0n) is 15.3. The van der Waals surface area contributed by atoms with Gasteiger partial charge in [-0.2, -0.15) is 5.10 Å². The first-order chi connectivity index (χ1) is 11.6. The summed E-state index contributed by atoms with van der Waals surface area (Å²) in [4.78, 5) is 8.98. The lowest BCUT2D eigenvalue weighted by molar-refractivity contribution is 0.772. The molecule has 1 aromatic heterocycles. The molecule has 0 bridgehead atoms. The molecule has 0 aliphatic carbocycles. The third-order valence-electron chi connectivity index (χ3n) is 3.90. The maximum absolute atomic E-state index is 4.55. The number of hydrogen-bond donors (Lipinski definition) is 1. The Bertz CT molecular complexity index is 692. The number of nitrogens with one attached hydrogen (secondary N) is 1. The Kier molecular flexibility index (Phi) is 6.91. The van der Waals surface area contributed by atoms with Crippen LogP contribution in [0, 0.1) is 6.92 Å². The first-order valence-electron chi connectivity index (χ1n) is 8.86. The van der Waals surface area contributed by atoms with Crippen molar-refractivity contribution in [3.05, 3.63) is 52.8 Å². The maximum atomic E-state index is 4.55. The number of hydrogen-bond acceptors (Lipinski definition) is 4. The molecule has 128 valence electrons. The third kappa shape index (κ3) is 5.44. The minimum absolute atomic E-state index is 0.574. The summed E-state index contributed by atoms with van der Waals surface area (Å²) in [5.41, 5.74) is 8.48. The molecule has 2 rings (SSSR count). The molecule has 1 N–H and O–H groups in total. The molecule has 0 aliphatic rings. The fourth-order valence-corrected chi connectivity index (χ4v) is 2.61. The van der Waals surface area contributed by atoms with Crippen LogP contribution in [0.4, 0.5) is 5.95 Å². The molecule has 0 saturated carbocycles. The minimum Gasteiger partial charge on any atom is -0.245 e. The van der Waals surface area contributed by atoms with Gasteiger partial charge in [0.05, 0.1) is 5.71 Å². The predicted molar refractivity (Wildman–Crippen MR) is 102 cm³/mol. The van der Waals surface area contributed by atoms with E-state index in [0.29, 0.717) is 5.95 Å². The summed E-state index contributed by atoms with van der Waals surface area (Å²) in [7, 11) is 0. The number of hydrazone groups is 1. The summed E-state index contributed by atoms with van der Waals surface area (Å²) in [6.07, 6.45) is 5.53. The average Bonchev–Trinajstić information content (AvgIpc) is 2.58. The van der Waals surface area contributed by atoms with Crippen molar-refractivity contribution in [2.75, 3.05) is 5.43 Å². The molecule has 24 heavy (non-hydrogen) atoms. The third-order valence-corrected chi connectivity index (χ3v) is 3.90. The SMILES string of the molecule is CCCCc1cc(C)nc(NN=C(C)c2cccc(CCC)c2)n1. The average molecular weight is 324 g/mol. The lowest BCUT2D eigenvalue weighted by Gasteiger charge is -2.07. The molecular formula is C20H28N4. The van der Waals surface area contributed by atoms with E-state index in [9.17, 15) is 0 Å². The zero-order chi connectivity index (χ0) is 17.4. The topological polar surface area (TPSA) is 50.2 Å². The summed E-state index contributed by atoms with van der Waals surface area (Å²) in [5, 5.41) is 4.47. The minimum atomic E-state index is 0.574. The largest absolute Gasteiger partial charge is 0.245 e. The molecule has 4 nitrogen and oxygen atoms in total. The summed E-state index contributed by atoms with van der Waals surface area (Å²) < 4.78 is 0. The van der Waals surface area contributed by atoms with Crippen molar-refractivity contribution in [1.29, 1.82) is 0 Å². The maximum Gasteiger partial charge on any atom is 0.243 e. The lowest BCUT2D eigenvalue weighted by atomic mass is 10.0. The Morgan fingerprint density at radius 2 is 1.92 bits per heavy atom. The molecule has 0 saturated heterocycles. The number of anilines is 1. The van der Waals surface area contributed by atoms with Crippen LogP contribution in [0.15, 0.2) is 35.4 Å². The van der Waals surface area contributed by atoms with Gasteiger partial charge < -0.3 is 0 Å². The quantitative estimate of drug-likeness (QED) is 0.554. The van der Waals surface area contributed by atoms with E-state index in [2.05, 4.69) is 58.6 Å². The number of aromatic nitrogens is 2. The van der Waals surface area contributed by atoms with Gasteiger partial charge >= 0.3 is 0 Å². The summed E-state index contributed by atoms with van der Waals surface area (Å²) in [6.45, 7) is 8.38. The molecule has 0 unspecified atom stereocenters. The van der Waals surface area contributed by atoms with E-state index in [1.807, 2.05) is 19.9 Å². The molecule has 1 aromatic carbocycles. The van der Waals surface area contributed by atoms with E-state index in [4.69, 9.17) is 0 Å². The van der Waals surface area contributed by atoms with Crippen molar-refractivity contribution in [2.45, 2.75) is 59.8 Å². The number of unbranched alkanes of at least 4 members (excludes halogenated alkanes) is 1. The van der Waals surface area contributed by atoms with Gasteiger partial charge in [-0.3, -0.25) is 0 Å². The fourth-order valence-electron chi connectivity index (χ4n) is 2.61. The zero-order valence-corrected chi connectivity index (χ0v) is 15.3. The van der Waals surface area contributed by atoms with Crippen LogP contribution in [-0.4, -0.2) is 15.7 Å². The van der Waals surface area contributed by atoms with Crippen LogP contribution >= 0.6 is 0 Å². The molecular weight excluding hydrogens is 296 g/mol.